The van der Waals surface area contributed by atoms with Gasteiger partial charge in [0.25, 0.3) is 0 Å². The van der Waals surface area contributed by atoms with Crippen LogP contribution in [0.5, 0.6) is 0 Å². The standard InChI is InChI=1S/C22H19N/c1-16-10-9-15-19-20(16)22(18-13-7-4-8-14-18)23(2)21(19)17-11-5-3-6-12-17/h3-15H,1-2H3. The minimum atomic E-state index is 1.26. The van der Waals surface area contributed by atoms with E-state index in [1.54, 1.807) is 0 Å². The van der Waals surface area contributed by atoms with E-state index in [0.717, 1.165) is 0 Å². The lowest BCUT2D eigenvalue weighted by Gasteiger charge is -2.09. The van der Waals surface area contributed by atoms with Gasteiger partial charge in [0.1, 0.15) is 0 Å². The lowest BCUT2D eigenvalue weighted by molar-refractivity contribution is 0.951. The zero-order valence-electron chi connectivity index (χ0n) is 13.5. The van der Waals surface area contributed by atoms with Gasteiger partial charge in [0.2, 0.25) is 0 Å². The molecule has 1 heteroatoms. The molecule has 23 heavy (non-hydrogen) atoms. The fourth-order valence-corrected chi connectivity index (χ4v) is 3.52. The number of aryl methyl sites for hydroxylation is 1. The number of hydrogen-bond acceptors (Lipinski definition) is 0. The molecule has 112 valence electrons. The highest BCUT2D eigenvalue weighted by Crippen LogP contribution is 2.39. The summed E-state index contributed by atoms with van der Waals surface area (Å²) >= 11 is 0. The maximum atomic E-state index is 2.34. The van der Waals surface area contributed by atoms with Crippen molar-refractivity contribution < 1.29 is 0 Å². The monoisotopic (exact) mass is 297 g/mol. The Morgan fingerprint density at radius 2 is 1.17 bits per heavy atom. The highest BCUT2D eigenvalue weighted by atomic mass is 15.0. The van der Waals surface area contributed by atoms with Gasteiger partial charge in [-0.3, -0.25) is 0 Å². The number of benzene rings is 3. The van der Waals surface area contributed by atoms with Crippen molar-refractivity contribution in [2.24, 2.45) is 7.05 Å². The molecule has 4 rings (SSSR count). The molecule has 0 N–H and O–H groups in total. The van der Waals surface area contributed by atoms with Crippen molar-refractivity contribution >= 4 is 10.8 Å². The first kappa shape index (κ1) is 13.8. The second kappa shape index (κ2) is 5.44. The quantitative estimate of drug-likeness (QED) is 0.439. The van der Waals surface area contributed by atoms with Crippen molar-refractivity contribution in [2.45, 2.75) is 6.92 Å². The average molecular weight is 297 g/mol. The first-order chi connectivity index (χ1) is 11.3. The molecule has 0 spiro atoms. The van der Waals surface area contributed by atoms with E-state index >= 15 is 0 Å². The Balaban J connectivity index is 2.14. The Labute approximate surface area is 136 Å². The maximum Gasteiger partial charge on any atom is 0.0565 e. The largest absolute Gasteiger partial charge is 0.343 e. The van der Waals surface area contributed by atoms with Crippen molar-refractivity contribution in [1.82, 2.24) is 4.57 Å². The second-order valence-corrected chi connectivity index (χ2v) is 5.99. The van der Waals surface area contributed by atoms with E-state index in [-0.39, 0.29) is 0 Å². The van der Waals surface area contributed by atoms with Gasteiger partial charge in [0.05, 0.1) is 11.4 Å². The SMILES string of the molecule is Cc1cccc2c(-c3ccccc3)n(C)c(-c3ccccc3)c12. The van der Waals surface area contributed by atoms with Gasteiger partial charge in [-0.05, 0) is 23.6 Å². The van der Waals surface area contributed by atoms with E-state index in [0.29, 0.717) is 0 Å². The Morgan fingerprint density at radius 1 is 0.609 bits per heavy atom. The van der Waals surface area contributed by atoms with Gasteiger partial charge in [-0.15, -0.1) is 0 Å². The van der Waals surface area contributed by atoms with Crippen molar-refractivity contribution in [3.63, 3.8) is 0 Å². The molecule has 0 aliphatic rings. The fourth-order valence-electron chi connectivity index (χ4n) is 3.52. The van der Waals surface area contributed by atoms with Crippen molar-refractivity contribution in [3.05, 3.63) is 84.4 Å². The molecule has 0 saturated heterocycles. The van der Waals surface area contributed by atoms with E-state index in [1.807, 2.05) is 0 Å². The van der Waals surface area contributed by atoms with Crippen LogP contribution in [0.15, 0.2) is 78.9 Å². The minimum absolute atomic E-state index is 1.26. The first-order valence-electron chi connectivity index (χ1n) is 7.96. The highest BCUT2D eigenvalue weighted by molar-refractivity contribution is 6.06. The van der Waals surface area contributed by atoms with Crippen LogP contribution in [0.3, 0.4) is 0 Å². The summed E-state index contributed by atoms with van der Waals surface area (Å²) in [5.41, 5.74) is 6.41. The third-order valence-electron chi connectivity index (χ3n) is 4.53. The topological polar surface area (TPSA) is 4.93 Å². The lowest BCUT2D eigenvalue weighted by Crippen LogP contribution is -1.94. The second-order valence-electron chi connectivity index (χ2n) is 5.99. The fraction of sp³-hybridized carbons (Fsp3) is 0.0909. The molecule has 0 saturated carbocycles. The third kappa shape index (κ3) is 2.17. The molecule has 1 aromatic heterocycles. The zero-order valence-corrected chi connectivity index (χ0v) is 13.5. The Kier molecular flexibility index (Phi) is 3.27. The summed E-state index contributed by atoms with van der Waals surface area (Å²) in [6.07, 6.45) is 0. The smallest absolute Gasteiger partial charge is 0.0565 e. The van der Waals surface area contributed by atoms with Gasteiger partial charge in [0.15, 0.2) is 0 Å². The Morgan fingerprint density at radius 3 is 1.78 bits per heavy atom. The lowest BCUT2D eigenvalue weighted by atomic mass is 10.0. The number of hydrogen-bond donors (Lipinski definition) is 0. The van der Waals surface area contributed by atoms with E-state index < -0.39 is 0 Å². The summed E-state index contributed by atoms with van der Waals surface area (Å²) in [5, 5.41) is 2.66. The first-order valence-corrected chi connectivity index (χ1v) is 7.96. The van der Waals surface area contributed by atoms with Gasteiger partial charge < -0.3 is 4.57 Å². The molecule has 0 unspecified atom stereocenters. The summed E-state index contributed by atoms with van der Waals surface area (Å²) in [6.45, 7) is 2.20. The number of fused-ring (bicyclic) bond motifs is 1. The van der Waals surface area contributed by atoms with Crippen LogP contribution in [-0.4, -0.2) is 4.57 Å². The van der Waals surface area contributed by atoms with Crippen LogP contribution in [0, 0.1) is 6.92 Å². The van der Waals surface area contributed by atoms with Crippen LogP contribution >= 0.6 is 0 Å². The van der Waals surface area contributed by atoms with Crippen molar-refractivity contribution in [2.75, 3.05) is 0 Å². The summed E-state index contributed by atoms with van der Waals surface area (Å²) < 4.78 is 2.34. The van der Waals surface area contributed by atoms with Crippen LogP contribution in [0.4, 0.5) is 0 Å². The van der Waals surface area contributed by atoms with Gasteiger partial charge in [0, 0.05) is 17.8 Å². The average Bonchev–Trinajstić information content (AvgIpc) is 2.90. The molecule has 0 atom stereocenters. The molecule has 0 fully saturated rings. The molecule has 1 heterocycles. The highest BCUT2D eigenvalue weighted by Gasteiger charge is 2.18. The molecular weight excluding hydrogens is 278 g/mol. The zero-order chi connectivity index (χ0) is 15.8. The molecule has 0 amide bonds. The summed E-state index contributed by atoms with van der Waals surface area (Å²) in [4.78, 5) is 0. The molecule has 1 nitrogen and oxygen atoms in total. The summed E-state index contributed by atoms with van der Waals surface area (Å²) in [5.74, 6) is 0. The molecule has 0 aliphatic carbocycles. The predicted molar refractivity (Wildman–Crippen MR) is 98.5 cm³/mol. The third-order valence-corrected chi connectivity index (χ3v) is 4.53. The van der Waals surface area contributed by atoms with E-state index in [4.69, 9.17) is 0 Å². The summed E-state index contributed by atoms with van der Waals surface area (Å²) in [6, 6.07) is 27.9. The van der Waals surface area contributed by atoms with Crippen LogP contribution in [0.25, 0.3) is 33.3 Å². The Bertz CT molecular complexity index is 963. The van der Waals surface area contributed by atoms with Gasteiger partial charge >= 0.3 is 0 Å². The number of aromatic nitrogens is 1. The van der Waals surface area contributed by atoms with Crippen LogP contribution in [-0.2, 0) is 7.05 Å². The predicted octanol–water partition coefficient (Wildman–Crippen LogP) is 5.82. The molecule has 4 aromatic rings. The Hall–Kier alpha value is -2.80. The maximum absolute atomic E-state index is 2.34. The van der Waals surface area contributed by atoms with E-state index in [2.05, 4.69) is 97.4 Å². The summed E-state index contributed by atoms with van der Waals surface area (Å²) in [7, 11) is 2.17. The minimum Gasteiger partial charge on any atom is -0.343 e. The van der Waals surface area contributed by atoms with Gasteiger partial charge in [-0.2, -0.15) is 0 Å². The molecular formula is C22H19N. The van der Waals surface area contributed by atoms with Crippen LogP contribution in [0.2, 0.25) is 0 Å². The van der Waals surface area contributed by atoms with Crippen molar-refractivity contribution in [1.29, 1.82) is 0 Å². The number of nitrogens with zero attached hydrogens (tertiary/aromatic N) is 1. The molecule has 0 radical (unpaired) electrons. The van der Waals surface area contributed by atoms with E-state index in [9.17, 15) is 0 Å². The van der Waals surface area contributed by atoms with Crippen LogP contribution < -0.4 is 0 Å². The van der Waals surface area contributed by atoms with Crippen molar-refractivity contribution in [3.8, 4) is 22.5 Å². The molecule has 0 bridgehead atoms. The van der Waals surface area contributed by atoms with Gasteiger partial charge in [-0.25, -0.2) is 0 Å². The van der Waals surface area contributed by atoms with Gasteiger partial charge in [-0.1, -0.05) is 78.9 Å². The molecule has 0 aliphatic heterocycles. The van der Waals surface area contributed by atoms with Crippen LogP contribution in [0.1, 0.15) is 5.56 Å². The number of rotatable bonds is 2. The van der Waals surface area contributed by atoms with E-state index in [1.165, 1.54) is 38.9 Å². The normalized spacial score (nSPS) is 11.0. The molecule has 3 aromatic carbocycles.